The average molecular weight is 511 g/mol. The van der Waals surface area contributed by atoms with Crippen LogP contribution in [0.3, 0.4) is 0 Å². The third-order valence-corrected chi connectivity index (χ3v) is 4.47. The van der Waals surface area contributed by atoms with E-state index in [1.165, 1.54) is 5.69 Å². The van der Waals surface area contributed by atoms with Crippen molar-refractivity contribution in [2.75, 3.05) is 37.7 Å². The molecule has 136 valence electrons. The normalized spacial score (nSPS) is 18.9. The number of rotatable bonds is 6. The first-order valence-corrected chi connectivity index (χ1v) is 9.08. The molecule has 1 aromatic carbocycles. The van der Waals surface area contributed by atoms with Crippen LogP contribution in [0.5, 0.6) is 0 Å². The van der Waals surface area contributed by atoms with Crippen LogP contribution in [-0.2, 0) is 0 Å². The molecule has 1 heterocycles. The van der Waals surface area contributed by atoms with Crippen molar-refractivity contribution in [2.45, 2.75) is 26.3 Å². The minimum absolute atomic E-state index is 0. The number of hydrogen-bond donors (Lipinski definition) is 3. The molecule has 24 heavy (non-hydrogen) atoms. The van der Waals surface area contributed by atoms with Gasteiger partial charge in [0.25, 0.3) is 0 Å². The number of aliphatic hydroxyl groups excluding tert-OH is 1. The van der Waals surface area contributed by atoms with Gasteiger partial charge in [0.05, 0.1) is 0 Å². The summed E-state index contributed by atoms with van der Waals surface area (Å²) in [6.07, 6.45) is 1.09. The van der Waals surface area contributed by atoms with Gasteiger partial charge in [-0.1, -0.05) is 22.9 Å². The fourth-order valence-electron chi connectivity index (χ4n) is 2.58. The number of nitrogens with zero attached hydrogens (tertiary/aromatic N) is 2. The second-order valence-electron chi connectivity index (χ2n) is 6.06. The number of anilines is 1. The van der Waals surface area contributed by atoms with Gasteiger partial charge in [0.2, 0.25) is 0 Å². The summed E-state index contributed by atoms with van der Waals surface area (Å²) in [5.74, 6) is 1.03. The van der Waals surface area contributed by atoms with E-state index in [2.05, 4.69) is 67.6 Å². The fraction of sp³-hybridized carbons (Fsp3) is 0.588. The topological polar surface area (TPSA) is 59.9 Å². The van der Waals surface area contributed by atoms with Crippen molar-refractivity contribution in [3.05, 3.63) is 28.7 Å². The van der Waals surface area contributed by atoms with E-state index in [-0.39, 0.29) is 36.5 Å². The third kappa shape index (κ3) is 6.76. The molecule has 1 aliphatic rings. The van der Waals surface area contributed by atoms with Crippen LogP contribution in [0.1, 0.15) is 20.3 Å². The molecule has 1 fully saturated rings. The van der Waals surface area contributed by atoms with Gasteiger partial charge in [-0.2, -0.15) is 0 Å². The zero-order valence-corrected chi connectivity index (χ0v) is 18.3. The summed E-state index contributed by atoms with van der Waals surface area (Å²) in [5.41, 5.74) is 1.26. The van der Waals surface area contributed by atoms with Crippen LogP contribution in [0.15, 0.2) is 33.7 Å². The molecule has 3 N–H and O–H groups in total. The maximum atomic E-state index is 9.12. The average Bonchev–Trinajstić information content (AvgIpc) is 3.01. The molecule has 2 unspecified atom stereocenters. The molecule has 0 bridgehead atoms. The molecule has 0 saturated carbocycles. The maximum Gasteiger partial charge on any atom is 0.191 e. The van der Waals surface area contributed by atoms with E-state index < -0.39 is 0 Å². The summed E-state index contributed by atoms with van der Waals surface area (Å²) in [5, 5.41) is 15.9. The van der Waals surface area contributed by atoms with Crippen LogP contribution >= 0.6 is 39.9 Å². The Morgan fingerprint density at radius 1 is 1.42 bits per heavy atom. The van der Waals surface area contributed by atoms with E-state index >= 15 is 0 Å². The van der Waals surface area contributed by atoms with Crippen LogP contribution in [0.2, 0.25) is 0 Å². The number of aliphatic hydroxyl groups is 1. The summed E-state index contributed by atoms with van der Waals surface area (Å²) in [6.45, 7) is 7.72. The van der Waals surface area contributed by atoms with E-state index in [4.69, 9.17) is 5.11 Å². The van der Waals surface area contributed by atoms with Crippen molar-refractivity contribution in [1.29, 1.82) is 0 Å². The van der Waals surface area contributed by atoms with Gasteiger partial charge in [0.15, 0.2) is 5.96 Å². The molecule has 2 atom stereocenters. The van der Waals surface area contributed by atoms with Crippen LogP contribution < -0.4 is 15.5 Å². The van der Waals surface area contributed by atoms with Gasteiger partial charge in [0, 0.05) is 49.0 Å². The Kier molecular flexibility index (Phi) is 9.99. The molecule has 0 amide bonds. The van der Waals surface area contributed by atoms with E-state index in [1.54, 1.807) is 0 Å². The standard InChI is InChI=1S/C17H27BrN4O.HI/c1-3-19-17(20-10-13(2)12-23)21-15-8-9-22(11-15)16-6-4-14(18)5-7-16;/h4-7,13,15,23H,3,8-12H2,1-2H3,(H2,19,20,21);1H. The predicted octanol–water partition coefficient (Wildman–Crippen LogP) is 2.83. The van der Waals surface area contributed by atoms with Crippen LogP contribution in [0.4, 0.5) is 5.69 Å². The number of guanidine groups is 1. The number of aliphatic imine (C=N–C) groups is 1. The van der Waals surface area contributed by atoms with Gasteiger partial charge in [-0.05, 0) is 43.5 Å². The lowest BCUT2D eigenvalue weighted by molar-refractivity contribution is 0.241. The molecule has 2 rings (SSSR count). The first-order valence-electron chi connectivity index (χ1n) is 8.28. The third-order valence-electron chi connectivity index (χ3n) is 3.94. The van der Waals surface area contributed by atoms with Crippen molar-refractivity contribution in [1.82, 2.24) is 10.6 Å². The SMILES string of the molecule is CCNC(=NCC(C)CO)NC1CCN(c2ccc(Br)cc2)C1.I. The van der Waals surface area contributed by atoms with Crippen LogP contribution in [-0.4, -0.2) is 49.9 Å². The molecule has 0 aliphatic carbocycles. The lowest BCUT2D eigenvalue weighted by Crippen LogP contribution is -2.44. The van der Waals surface area contributed by atoms with E-state index in [9.17, 15) is 0 Å². The highest BCUT2D eigenvalue weighted by molar-refractivity contribution is 14.0. The molecule has 0 aromatic heterocycles. The van der Waals surface area contributed by atoms with Gasteiger partial charge >= 0.3 is 0 Å². The number of hydrogen-bond acceptors (Lipinski definition) is 3. The zero-order chi connectivity index (χ0) is 16.7. The largest absolute Gasteiger partial charge is 0.396 e. The van der Waals surface area contributed by atoms with Gasteiger partial charge in [-0.3, -0.25) is 4.99 Å². The monoisotopic (exact) mass is 510 g/mol. The van der Waals surface area contributed by atoms with Crippen LogP contribution in [0.25, 0.3) is 0 Å². The highest BCUT2D eigenvalue weighted by Gasteiger charge is 2.23. The molecule has 1 aliphatic heterocycles. The van der Waals surface area contributed by atoms with E-state index in [1.807, 2.05) is 6.92 Å². The zero-order valence-electron chi connectivity index (χ0n) is 14.3. The van der Waals surface area contributed by atoms with Crippen molar-refractivity contribution in [3.63, 3.8) is 0 Å². The summed E-state index contributed by atoms with van der Waals surface area (Å²) in [4.78, 5) is 6.96. The van der Waals surface area contributed by atoms with Gasteiger partial charge in [-0.15, -0.1) is 24.0 Å². The summed E-state index contributed by atoms with van der Waals surface area (Å²) in [6, 6.07) is 8.85. The molecule has 0 spiro atoms. The maximum absolute atomic E-state index is 9.12. The smallest absolute Gasteiger partial charge is 0.191 e. The first kappa shape index (κ1) is 21.5. The highest BCUT2D eigenvalue weighted by Crippen LogP contribution is 2.22. The lowest BCUT2D eigenvalue weighted by Gasteiger charge is -2.20. The lowest BCUT2D eigenvalue weighted by atomic mass is 10.2. The Morgan fingerprint density at radius 2 is 2.12 bits per heavy atom. The molecule has 7 heteroatoms. The van der Waals surface area contributed by atoms with E-state index in [0.29, 0.717) is 12.6 Å². The number of benzene rings is 1. The van der Waals surface area contributed by atoms with Crippen molar-refractivity contribution < 1.29 is 5.11 Å². The second kappa shape index (κ2) is 11.1. The van der Waals surface area contributed by atoms with Crippen molar-refractivity contribution in [3.8, 4) is 0 Å². The Hall–Kier alpha value is -0.540. The van der Waals surface area contributed by atoms with E-state index in [0.717, 1.165) is 36.5 Å². The molecular formula is C17H28BrIN4O. The van der Waals surface area contributed by atoms with Crippen molar-refractivity contribution in [2.24, 2.45) is 10.9 Å². The Labute approximate surface area is 170 Å². The summed E-state index contributed by atoms with van der Waals surface area (Å²) in [7, 11) is 0. The molecule has 5 nitrogen and oxygen atoms in total. The predicted molar refractivity (Wildman–Crippen MR) is 116 cm³/mol. The van der Waals surface area contributed by atoms with Gasteiger partial charge < -0.3 is 20.6 Å². The molecule has 1 aromatic rings. The first-order chi connectivity index (χ1) is 11.1. The quantitative estimate of drug-likeness (QED) is 0.313. The number of halogens is 2. The molecule has 1 saturated heterocycles. The minimum atomic E-state index is 0. The second-order valence-corrected chi connectivity index (χ2v) is 6.98. The fourth-order valence-corrected chi connectivity index (χ4v) is 2.85. The Balaban J connectivity index is 0.00000288. The summed E-state index contributed by atoms with van der Waals surface area (Å²) < 4.78 is 1.11. The van der Waals surface area contributed by atoms with Crippen LogP contribution in [0, 0.1) is 5.92 Å². The Morgan fingerprint density at radius 3 is 2.75 bits per heavy atom. The molecule has 0 radical (unpaired) electrons. The highest BCUT2D eigenvalue weighted by atomic mass is 127. The van der Waals surface area contributed by atoms with Gasteiger partial charge in [-0.25, -0.2) is 0 Å². The minimum Gasteiger partial charge on any atom is -0.396 e. The molecular weight excluding hydrogens is 483 g/mol. The van der Waals surface area contributed by atoms with Crippen molar-refractivity contribution >= 4 is 51.6 Å². The summed E-state index contributed by atoms with van der Waals surface area (Å²) >= 11 is 3.48. The Bertz CT molecular complexity index is 512. The van der Waals surface area contributed by atoms with Gasteiger partial charge in [0.1, 0.15) is 0 Å². The number of nitrogens with one attached hydrogen (secondary N) is 2.